The van der Waals surface area contributed by atoms with E-state index in [0.717, 1.165) is 17.9 Å². The zero-order chi connectivity index (χ0) is 11.4. The lowest BCUT2D eigenvalue weighted by Crippen LogP contribution is -2.00. The Morgan fingerprint density at radius 2 is 2.19 bits per heavy atom. The van der Waals surface area contributed by atoms with E-state index in [2.05, 4.69) is 53.6 Å². The molecule has 1 aromatic carbocycles. The summed E-state index contributed by atoms with van der Waals surface area (Å²) in [6.07, 6.45) is 1.77. The normalized spacial score (nSPS) is 10.7. The fourth-order valence-corrected chi connectivity index (χ4v) is 1.59. The summed E-state index contributed by atoms with van der Waals surface area (Å²) in [6, 6.07) is 10.5. The second kappa shape index (κ2) is 4.84. The molecule has 1 heterocycles. The van der Waals surface area contributed by atoms with Gasteiger partial charge in [0.2, 0.25) is 0 Å². The number of nitrogens with one attached hydrogen (secondary N) is 2. The van der Waals surface area contributed by atoms with Crippen LogP contribution in [0.3, 0.4) is 0 Å². The summed E-state index contributed by atoms with van der Waals surface area (Å²) in [5, 5.41) is 10.2. The maximum absolute atomic E-state index is 3.92. The molecule has 0 fully saturated rings. The third-order valence-electron chi connectivity index (χ3n) is 2.59. The van der Waals surface area contributed by atoms with Gasteiger partial charge in [0.15, 0.2) is 0 Å². The number of aromatic amines is 1. The topological polar surface area (TPSA) is 40.7 Å². The highest BCUT2D eigenvalue weighted by molar-refractivity contribution is 5.46. The number of H-pyrrole nitrogens is 1. The second-order valence-electron chi connectivity index (χ2n) is 4.22. The predicted molar refractivity (Wildman–Crippen MR) is 66.4 cm³/mol. The first kappa shape index (κ1) is 10.7. The predicted octanol–water partition coefficient (Wildman–Crippen LogP) is 3.15. The van der Waals surface area contributed by atoms with Gasteiger partial charge in [0, 0.05) is 11.9 Å². The van der Waals surface area contributed by atoms with Crippen LogP contribution in [0.4, 0.5) is 5.69 Å². The average Bonchev–Trinajstić information content (AvgIpc) is 2.79. The molecule has 1 aromatic heterocycles. The molecule has 0 radical (unpaired) electrons. The fourth-order valence-electron chi connectivity index (χ4n) is 1.59. The zero-order valence-corrected chi connectivity index (χ0v) is 9.70. The lowest BCUT2D eigenvalue weighted by atomic mass is 10.0. The largest absolute Gasteiger partial charge is 0.379 e. The molecule has 0 atom stereocenters. The monoisotopic (exact) mass is 215 g/mol. The number of aromatic nitrogens is 2. The number of anilines is 1. The first-order valence-electron chi connectivity index (χ1n) is 5.58. The number of rotatable bonds is 4. The van der Waals surface area contributed by atoms with E-state index in [9.17, 15) is 0 Å². The molecule has 2 N–H and O–H groups in total. The summed E-state index contributed by atoms with van der Waals surface area (Å²) in [4.78, 5) is 0. The number of nitrogens with zero attached hydrogens (tertiary/aromatic N) is 1. The quantitative estimate of drug-likeness (QED) is 0.822. The minimum Gasteiger partial charge on any atom is -0.379 e. The Hall–Kier alpha value is -1.77. The maximum Gasteiger partial charge on any atom is 0.0567 e. The van der Waals surface area contributed by atoms with Crippen LogP contribution in [0.2, 0.25) is 0 Å². The molecule has 0 saturated heterocycles. The van der Waals surface area contributed by atoms with E-state index >= 15 is 0 Å². The molecule has 0 saturated carbocycles. The first-order chi connectivity index (χ1) is 7.75. The summed E-state index contributed by atoms with van der Waals surface area (Å²) in [7, 11) is 0. The van der Waals surface area contributed by atoms with Crippen LogP contribution >= 0.6 is 0 Å². The molecular formula is C13H17N3. The molecular weight excluding hydrogens is 198 g/mol. The van der Waals surface area contributed by atoms with Gasteiger partial charge in [-0.05, 0) is 29.7 Å². The minimum atomic E-state index is 0.564. The first-order valence-corrected chi connectivity index (χ1v) is 5.58. The van der Waals surface area contributed by atoms with Crippen molar-refractivity contribution in [1.29, 1.82) is 0 Å². The molecule has 16 heavy (non-hydrogen) atoms. The molecule has 0 aliphatic carbocycles. The molecule has 2 rings (SSSR count). The highest BCUT2D eigenvalue weighted by atomic mass is 15.1. The summed E-state index contributed by atoms with van der Waals surface area (Å²) in [5.74, 6) is 0.564. The van der Waals surface area contributed by atoms with E-state index in [1.54, 1.807) is 6.20 Å². The van der Waals surface area contributed by atoms with Crippen molar-refractivity contribution in [3.63, 3.8) is 0 Å². The highest BCUT2D eigenvalue weighted by Crippen LogP contribution is 2.18. The standard InChI is InChI=1S/C13H17N3/c1-10(2)11-4-3-5-12(8-11)14-9-13-6-7-15-16-13/h3-8,10,14H,9H2,1-2H3,(H,15,16). The van der Waals surface area contributed by atoms with Gasteiger partial charge in [-0.25, -0.2) is 0 Å². The summed E-state index contributed by atoms with van der Waals surface area (Å²) in [5.41, 5.74) is 3.60. The fraction of sp³-hybridized carbons (Fsp3) is 0.308. The number of hydrogen-bond acceptors (Lipinski definition) is 2. The zero-order valence-electron chi connectivity index (χ0n) is 9.70. The lowest BCUT2D eigenvalue weighted by molar-refractivity contribution is 0.866. The van der Waals surface area contributed by atoms with E-state index in [1.165, 1.54) is 5.56 Å². The number of hydrogen-bond donors (Lipinski definition) is 2. The Balaban J connectivity index is 2.01. The Kier molecular flexibility index (Phi) is 3.25. The highest BCUT2D eigenvalue weighted by Gasteiger charge is 2.00. The molecule has 0 unspecified atom stereocenters. The lowest BCUT2D eigenvalue weighted by Gasteiger charge is -2.09. The molecule has 2 aromatic rings. The summed E-state index contributed by atoms with van der Waals surface area (Å²) >= 11 is 0. The van der Waals surface area contributed by atoms with Crippen LogP contribution in [-0.4, -0.2) is 10.2 Å². The number of benzene rings is 1. The van der Waals surface area contributed by atoms with E-state index in [0.29, 0.717) is 5.92 Å². The Bertz CT molecular complexity index is 432. The van der Waals surface area contributed by atoms with Crippen molar-refractivity contribution >= 4 is 5.69 Å². The van der Waals surface area contributed by atoms with Crippen LogP contribution < -0.4 is 5.32 Å². The van der Waals surface area contributed by atoms with E-state index in [-0.39, 0.29) is 0 Å². The SMILES string of the molecule is CC(C)c1cccc(NCc2ccn[nH]2)c1. The van der Waals surface area contributed by atoms with E-state index < -0.39 is 0 Å². The van der Waals surface area contributed by atoms with E-state index in [4.69, 9.17) is 0 Å². The smallest absolute Gasteiger partial charge is 0.0567 e. The van der Waals surface area contributed by atoms with Gasteiger partial charge in [0.25, 0.3) is 0 Å². The van der Waals surface area contributed by atoms with Crippen molar-refractivity contribution < 1.29 is 0 Å². The van der Waals surface area contributed by atoms with Gasteiger partial charge in [-0.15, -0.1) is 0 Å². The van der Waals surface area contributed by atoms with Crippen LogP contribution in [0.15, 0.2) is 36.5 Å². The Labute approximate surface area is 95.9 Å². The third kappa shape index (κ3) is 2.63. The van der Waals surface area contributed by atoms with Crippen LogP contribution in [-0.2, 0) is 6.54 Å². The van der Waals surface area contributed by atoms with Gasteiger partial charge < -0.3 is 5.32 Å². The van der Waals surface area contributed by atoms with Crippen LogP contribution in [0, 0.1) is 0 Å². The van der Waals surface area contributed by atoms with Crippen molar-refractivity contribution in [2.45, 2.75) is 26.3 Å². The van der Waals surface area contributed by atoms with Gasteiger partial charge in [-0.2, -0.15) is 5.10 Å². The van der Waals surface area contributed by atoms with Crippen molar-refractivity contribution in [3.8, 4) is 0 Å². The molecule has 0 spiro atoms. The molecule has 3 heteroatoms. The minimum absolute atomic E-state index is 0.564. The Morgan fingerprint density at radius 3 is 2.88 bits per heavy atom. The molecule has 3 nitrogen and oxygen atoms in total. The molecule has 0 aliphatic rings. The second-order valence-corrected chi connectivity index (χ2v) is 4.22. The van der Waals surface area contributed by atoms with Crippen molar-refractivity contribution in [2.75, 3.05) is 5.32 Å². The molecule has 0 aliphatic heterocycles. The van der Waals surface area contributed by atoms with Crippen molar-refractivity contribution in [3.05, 3.63) is 47.8 Å². The molecule has 0 amide bonds. The Morgan fingerprint density at radius 1 is 1.31 bits per heavy atom. The average molecular weight is 215 g/mol. The molecule has 84 valence electrons. The van der Waals surface area contributed by atoms with E-state index in [1.807, 2.05) is 6.07 Å². The van der Waals surface area contributed by atoms with Gasteiger partial charge in [0.1, 0.15) is 0 Å². The van der Waals surface area contributed by atoms with Crippen LogP contribution in [0.1, 0.15) is 31.0 Å². The van der Waals surface area contributed by atoms with Gasteiger partial charge in [-0.1, -0.05) is 26.0 Å². The van der Waals surface area contributed by atoms with Gasteiger partial charge in [0.05, 0.1) is 12.2 Å². The van der Waals surface area contributed by atoms with Crippen molar-refractivity contribution in [1.82, 2.24) is 10.2 Å². The summed E-state index contributed by atoms with van der Waals surface area (Å²) in [6.45, 7) is 5.18. The van der Waals surface area contributed by atoms with Gasteiger partial charge in [-0.3, -0.25) is 5.10 Å². The van der Waals surface area contributed by atoms with Crippen molar-refractivity contribution in [2.24, 2.45) is 0 Å². The van der Waals surface area contributed by atoms with Crippen LogP contribution in [0.25, 0.3) is 0 Å². The maximum atomic E-state index is 3.92. The van der Waals surface area contributed by atoms with Crippen LogP contribution in [0.5, 0.6) is 0 Å². The van der Waals surface area contributed by atoms with Gasteiger partial charge >= 0.3 is 0 Å². The summed E-state index contributed by atoms with van der Waals surface area (Å²) < 4.78 is 0. The molecule has 0 bridgehead atoms. The third-order valence-corrected chi connectivity index (χ3v) is 2.59.